The molecule has 4 N–H and O–H groups in total. The largest absolute Gasteiger partial charge is 0.368 e. The molecule has 0 saturated heterocycles. The minimum absolute atomic E-state index is 0.201. The maximum absolute atomic E-state index is 11.4. The van der Waals surface area contributed by atoms with Gasteiger partial charge in [0, 0.05) is 18.3 Å². The number of hydrogen-bond donors (Lipinski definition) is 2. The van der Waals surface area contributed by atoms with Crippen LogP contribution in [0.5, 0.6) is 0 Å². The smallest absolute Gasteiger partial charge is 0.239 e. The second-order valence-electron chi connectivity index (χ2n) is 4.54. The lowest BCUT2D eigenvalue weighted by molar-refractivity contribution is -0.119. The number of aryl methyl sites for hydroxylation is 1. The van der Waals surface area contributed by atoms with Gasteiger partial charge in [-0.25, -0.2) is 0 Å². The molecule has 1 amide bonds. The standard InChI is InChI=1S/C13H19N3O/c1-9(13(15)17)16-11(8-14)7-6-10-4-2-3-5-12(10)16/h2-5,9,11H,6-8,14H2,1H3,(H2,15,17). The molecule has 0 fully saturated rings. The Balaban J connectivity index is 2.41. The van der Waals surface area contributed by atoms with Crippen LogP contribution >= 0.6 is 0 Å². The third-order valence-corrected chi connectivity index (χ3v) is 3.51. The van der Waals surface area contributed by atoms with Crippen LogP contribution in [0.2, 0.25) is 0 Å². The zero-order valence-electron chi connectivity index (χ0n) is 10.1. The number of carbonyl (C=O) groups is 1. The first kappa shape index (κ1) is 11.9. The van der Waals surface area contributed by atoms with Gasteiger partial charge in [0.1, 0.15) is 6.04 Å². The predicted octanol–water partition coefficient (Wildman–Crippen LogP) is 0.640. The normalized spacial score (nSPS) is 20.8. The van der Waals surface area contributed by atoms with Crippen molar-refractivity contribution in [3.63, 3.8) is 0 Å². The Morgan fingerprint density at radius 3 is 2.88 bits per heavy atom. The van der Waals surface area contributed by atoms with Gasteiger partial charge in [-0.15, -0.1) is 0 Å². The number of anilines is 1. The Morgan fingerprint density at radius 1 is 1.53 bits per heavy atom. The molecule has 0 spiro atoms. The second-order valence-corrected chi connectivity index (χ2v) is 4.54. The van der Waals surface area contributed by atoms with Gasteiger partial charge in [0.2, 0.25) is 5.91 Å². The average Bonchev–Trinajstić information content (AvgIpc) is 2.36. The second kappa shape index (κ2) is 4.75. The Bertz CT molecular complexity index is 419. The number of fused-ring (bicyclic) bond motifs is 1. The molecule has 0 aliphatic carbocycles. The van der Waals surface area contributed by atoms with Crippen molar-refractivity contribution in [1.82, 2.24) is 0 Å². The fraction of sp³-hybridized carbons (Fsp3) is 0.462. The molecule has 1 aliphatic heterocycles. The lowest BCUT2D eigenvalue weighted by Gasteiger charge is -2.41. The van der Waals surface area contributed by atoms with Gasteiger partial charge in [-0.3, -0.25) is 4.79 Å². The van der Waals surface area contributed by atoms with Crippen molar-refractivity contribution < 1.29 is 4.79 Å². The van der Waals surface area contributed by atoms with Crippen molar-refractivity contribution >= 4 is 11.6 Å². The van der Waals surface area contributed by atoms with Gasteiger partial charge in [-0.2, -0.15) is 0 Å². The quantitative estimate of drug-likeness (QED) is 0.804. The first-order chi connectivity index (χ1) is 8.15. The van der Waals surface area contributed by atoms with E-state index >= 15 is 0 Å². The lowest BCUT2D eigenvalue weighted by Crippen LogP contribution is -2.53. The zero-order chi connectivity index (χ0) is 12.4. The Morgan fingerprint density at radius 2 is 2.24 bits per heavy atom. The van der Waals surface area contributed by atoms with E-state index in [-0.39, 0.29) is 18.0 Å². The van der Waals surface area contributed by atoms with E-state index in [9.17, 15) is 4.79 Å². The summed E-state index contributed by atoms with van der Waals surface area (Å²) < 4.78 is 0. The molecule has 2 unspecified atom stereocenters. The maximum atomic E-state index is 11.4. The summed E-state index contributed by atoms with van der Waals surface area (Å²) in [5, 5.41) is 0. The fourth-order valence-corrected chi connectivity index (χ4v) is 2.53. The van der Waals surface area contributed by atoms with E-state index in [1.807, 2.05) is 25.1 Å². The molecule has 2 atom stereocenters. The van der Waals surface area contributed by atoms with Crippen LogP contribution < -0.4 is 16.4 Å². The van der Waals surface area contributed by atoms with Crippen molar-refractivity contribution in [2.75, 3.05) is 11.4 Å². The van der Waals surface area contributed by atoms with Crippen molar-refractivity contribution in [2.45, 2.75) is 31.8 Å². The number of hydrogen-bond acceptors (Lipinski definition) is 3. The van der Waals surface area contributed by atoms with Crippen molar-refractivity contribution in [3.05, 3.63) is 29.8 Å². The van der Waals surface area contributed by atoms with Crippen LogP contribution in [-0.4, -0.2) is 24.5 Å². The number of rotatable bonds is 3. The molecule has 1 heterocycles. The summed E-state index contributed by atoms with van der Waals surface area (Å²) in [5.41, 5.74) is 13.6. The van der Waals surface area contributed by atoms with Gasteiger partial charge in [-0.1, -0.05) is 18.2 Å². The van der Waals surface area contributed by atoms with Crippen LogP contribution in [0.25, 0.3) is 0 Å². The summed E-state index contributed by atoms with van der Waals surface area (Å²) in [5.74, 6) is -0.305. The summed E-state index contributed by atoms with van der Waals surface area (Å²) in [6.45, 7) is 2.39. The van der Waals surface area contributed by atoms with Crippen molar-refractivity contribution in [2.24, 2.45) is 11.5 Å². The molecular weight excluding hydrogens is 214 g/mol. The van der Waals surface area contributed by atoms with Crippen molar-refractivity contribution in [3.8, 4) is 0 Å². The third kappa shape index (κ3) is 2.13. The molecule has 2 rings (SSSR count). The average molecular weight is 233 g/mol. The fourth-order valence-electron chi connectivity index (χ4n) is 2.53. The van der Waals surface area contributed by atoms with Crippen LogP contribution in [-0.2, 0) is 11.2 Å². The Labute approximate surface area is 102 Å². The van der Waals surface area contributed by atoms with E-state index < -0.39 is 0 Å². The number of para-hydroxylation sites is 1. The highest BCUT2D eigenvalue weighted by Crippen LogP contribution is 2.31. The van der Waals surface area contributed by atoms with Crippen molar-refractivity contribution in [1.29, 1.82) is 0 Å². The molecule has 0 aromatic heterocycles. The highest BCUT2D eigenvalue weighted by atomic mass is 16.1. The molecule has 1 aromatic carbocycles. The van der Waals surface area contributed by atoms with Crippen LogP contribution in [0, 0.1) is 0 Å². The topological polar surface area (TPSA) is 72.4 Å². The molecule has 17 heavy (non-hydrogen) atoms. The van der Waals surface area contributed by atoms with Gasteiger partial charge >= 0.3 is 0 Å². The van der Waals surface area contributed by atoms with Crippen LogP contribution in [0.1, 0.15) is 18.9 Å². The van der Waals surface area contributed by atoms with E-state index in [1.54, 1.807) is 0 Å². The molecular formula is C13H19N3O. The SMILES string of the molecule is CC(C(N)=O)N1c2ccccc2CCC1CN. The van der Waals surface area contributed by atoms with Crippen LogP contribution in [0.3, 0.4) is 0 Å². The number of nitrogens with zero attached hydrogens (tertiary/aromatic N) is 1. The summed E-state index contributed by atoms with van der Waals surface area (Å²) in [7, 11) is 0. The first-order valence-corrected chi connectivity index (χ1v) is 6.00. The number of nitrogens with two attached hydrogens (primary N) is 2. The first-order valence-electron chi connectivity index (χ1n) is 6.00. The highest BCUT2D eigenvalue weighted by molar-refractivity contribution is 5.84. The van der Waals surface area contributed by atoms with Gasteiger partial charge in [0.15, 0.2) is 0 Å². The Kier molecular flexibility index (Phi) is 3.33. The lowest BCUT2D eigenvalue weighted by atomic mass is 9.94. The Hall–Kier alpha value is -1.55. The summed E-state index contributed by atoms with van der Waals surface area (Å²) in [6, 6.07) is 8.03. The number of benzene rings is 1. The third-order valence-electron chi connectivity index (χ3n) is 3.51. The van der Waals surface area contributed by atoms with Crippen LogP contribution in [0.4, 0.5) is 5.69 Å². The van der Waals surface area contributed by atoms with Crippen LogP contribution in [0.15, 0.2) is 24.3 Å². The molecule has 4 heteroatoms. The number of carbonyl (C=O) groups excluding carboxylic acids is 1. The molecule has 0 saturated carbocycles. The molecule has 0 bridgehead atoms. The number of amides is 1. The van der Waals surface area contributed by atoms with Gasteiger partial charge in [-0.05, 0) is 31.4 Å². The minimum atomic E-state index is -0.315. The van der Waals surface area contributed by atoms with E-state index in [2.05, 4.69) is 11.0 Å². The monoisotopic (exact) mass is 233 g/mol. The summed E-state index contributed by atoms with van der Waals surface area (Å²) in [6.07, 6.45) is 1.99. The number of primary amides is 1. The summed E-state index contributed by atoms with van der Waals surface area (Å²) >= 11 is 0. The highest BCUT2D eigenvalue weighted by Gasteiger charge is 2.30. The predicted molar refractivity (Wildman–Crippen MR) is 68.7 cm³/mol. The molecule has 1 aliphatic rings. The zero-order valence-corrected chi connectivity index (χ0v) is 10.1. The molecule has 92 valence electrons. The van der Waals surface area contributed by atoms with Gasteiger partial charge in [0.25, 0.3) is 0 Å². The van der Waals surface area contributed by atoms with E-state index in [4.69, 9.17) is 11.5 Å². The molecule has 4 nitrogen and oxygen atoms in total. The maximum Gasteiger partial charge on any atom is 0.239 e. The molecule has 1 aromatic rings. The minimum Gasteiger partial charge on any atom is -0.368 e. The van der Waals surface area contributed by atoms with Gasteiger partial charge < -0.3 is 16.4 Å². The van der Waals surface area contributed by atoms with E-state index in [0.717, 1.165) is 18.5 Å². The van der Waals surface area contributed by atoms with Gasteiger partial charge in [0.05, 0.1) is 0 Å². The van der Waals surface area contributed by atoms with E-state index in [1.165, 1.54) is 5.56 Å². The summed E-state index contributed by atoms with van der Waals surface area (Å²) in [4.78, 5) is 13.5. The van der Waals surface area contributed by atoms with E-state index in [0.29, 0.717) is 6.54 Å². The molecule has 0 radical (unpaired) electrons.